The normalized spacial score (nSPS) is 11.9. The van der Waals surface area contributed by atoms with Crippen molar-refractivity contribution in [1.82, 2.24) is 5.16 Å². The largest absolute Gasteiger partial charge is 0.361 e. The Kier molecular flexibility index (Phi) is 4.32. The Balaban J connectivity index is 2.47. The third-order valence-corrected chi connectivity index (χ3v) is 5.14. The number of para-hydroxylation sites is 1. The third kappa shape index (κ3) is 3.24. The summed E-state index contributed by atoms with van der Waals surface area (Å²) in [6.45, 7) is 4.74. The molecule has 0 N–H and O–H groups in total. The number of sulfonamides is 1. The molecule has 2 aromatic rings. The van der Waals surface area contributed by atoms with Crippen LogP contribution in [0, 0.1) is 12.7 Å². The van der Waals surface area contributed by atoms with Crippen molar-refractivity contribution in [1.29, 1.82) is 0 Å². The minimum absolute atomic E-state index is 0.00635. The van der Waals surface area contributed by atoms with Crippen molar-refractivity contribution in [3.05, 3.63) is 47.6 Å². The van der Waals surface area contributed by atoms with Gasteiger partial charge in [0.1, 0.15) is 17.3 Å². The Morgan fingerprint density at radius 3 is 2.52 bits per heavy atom. The fourth-order valence-corrected chi connectivity index (χ4v) is 3.10. The van der Waals surface area contributed by atoms with E-state index in [9.17, 15) is 12.8 Å². The highest BCUT2D eigenvalue weighted by Gasteiger charge is 2.29. The zero-order chi connectivity index (χ0) is 15.6. The molecule has 0 spiro atoms. The Bertz CT molecular complexity index is 725. The Labute approximate surface area is 123 Å². The maximum atomic E-state index is 14.0. The molecule has 0 bridgehead atoms. The lowest BCUT2D eigenvalue weighted by Gasteiger charge is -2.25. The molecular formula is C14H17FN2O3S. The highest BCUT2D eigenvalue weighted by atomic mass is 32.2. The number of rotatable bonds is 5. The molecule has 1 aromatic carbocycles. The molecule has 0 fully saturated rings. The second-order valence-electron chi connectivity index (χ2n) is 4.98. The average molecular weight is 312 g/mol. The number of benzene rings is 1. The molecule has 2 rings (SSSR count). The van der Waals surface area contributed by atoms with E-state index in [1.807, 2.05) is 0 Å². The SMILES string of the molecule is Cc1cc(CN(c2ccccc2F)S(=O)(=O)C(C)C)no1. The smallest absolute Gasteiger partial charge is 0.237 e. The zero-order valence-corrected chi connectivity index (χ0v) is 12.9. The highest BCUT2D eigenvalue weighted by Crippen LogP contribution is 2.26. The van der Waals surface area contributed by atoms with Crippen molar-refractivity contribution in [3.8, 4) is 0 Å². The first kappa shape index (κ1) is 15.5. The molecule has 0 aliphatic rings. The van der Waals surface area contributed by atoms with Crippen molar-refractivity contribution in [2.24, 2.45) is 0 Å². The first-order valence-corrected chi connectivity index (χ1v) is 8.01. The topological polar surface area (TPSA) is 63.4 Å². The fraction of sp³-hybridized carbons (Fsp3) is 0.357. The summed E-state index contributed by atoms with van der Waals surface area (Å²) in [6, 6.07) is 7.40. The molecule has 21 heavy (non-hydrogen) atoms. The molecular weight excluding hydrogens is 295 g/mol. The fourth-order valence-electron chi connectivity index (χ4n) is 1.86. The molecule has 1 heterocycles. The van der Waals surface area contributed by atoms with E-state index in [2.05, 4.69) is 5.16 Å². The molecule has 0 saturated carbocycles. The number of hydrogen-bond acceptors (Lipinski definition) is 4. The van der Waals surface area contributed by atoms with E-state index >= 15 is 0 Å². The highest BCUT2D eigenvalue weighted by molar-refractivity contribution is 7.93. The van der Waals surface area contributed by atoms with Gasteiger partial charge in [0.05, 0.1) is 17.5 Å². The predicted octanol–water partition coefficient (Wildman–Crippen LogP) is 2.87. The lowest BCUT2D eigenvalue weighted by Crippen LogP contribution is -2.36. The molecule has 5 nitrogen and oxygen atoms in total. The third-order valence-electron chi connectivity index (χ3n) is 3.01. The first-order chi connectivity index (χ1) is 9.82. The summed E-state index contributed by atoms with van der Waals surface area (Å²) in [4.78, 5) is 0. The molecule has 0 saturated heterocycles. The van der Waals surface area contributed by atoms with E-state index in [-0.39, 0.29) is 12.2 Å². The second kappa shape index (κ2) is 5.85. The van der Waals surface area contributed by atoms with Gasteiger partial charge in [-0.05, 0) is 32.9 Å². The predicted molar refractivity (Wildman–Crippen MR) is 77.9 cm³/mol. The maximum Gasteiger partial charge on any atom is 0.237 e. The van der Waals surface area contributed by atoms with Crippen molar-refractivity contribution >= 4 is 15.7 Å². The van der Waals surface area contributed by atoms with Crippen LogP contribution < -0.4 is 4.31 Å². The van der Waals surface area contributed by atoms with Gasteiger partial charge >= 0.3 is 0 Å². The number of nitrogens with zero attached hydrogens (tertiary/aromatic N) is 2. The first-order valence-electron chi connectivity index (χ1n) is 6.50. The average Bonchev–Trinajstić information content (AvgIpc) is 2.82. The quantitative estimate of drug-likeness (QED) is 0.851. The summed E-state index contributed by atoms with van der Waals surface area (Å²) in [7, 11) is -3.69. The van der Waals surface area contributed by atoms with Gasteiger partial charge in [-0.25, -0.2) is 12.8 Å². The number of anilines is 1. The van der Waals surface area contributed by atoms with Crippen LogP contribution in [0.15, 0.2) is 34.9 Å². The van der Waals surface area contributed by atoms with Crippen LogP contribution in [-0.4, -0.2) is 18.8 Å². The van der Waals surface area contributed by atoms with Gasteiger partial charge in [-0.1, -0.05) is 17.3 Å². The monoisotopic (exact) mass is 312 g/mol. The minimum atomic E-state index is -3.69. The van der Waals surface area contributed by atoms with Gasteiger partial charge in [0, 0.05) is 6.07 Å². The van der Waals surface area contributed by atoms with Crippen LogP contribution in [0.4, 0.5) is 10.1 Å². The molecule has 0 unspecified atom stereocenters. The van der Waals surface area contributed by atoms with Crippen molar-refractivity contribution in [2.45, 2.75) is 32.6 Å². The summed E-state index contributed by atoms with van der Waals surface area (Å²) in [5.74, 6) is -0.0256. The summed E-state index contributed by atoms with van der Waals surface area (Å²) in [5.41, 5.74) is 0.437. The van der Waals surface area contributed by atoms with Gasteiger partial charge < -0.3 is 4.52 Å². The molecule has 1 aromatic heterocycles. The number of aromatic nitrogens is 1. The number of hydrogen-bond donors (Lipinski definition) is 0. The lowest BCUT2D eigenvalue weighted by atomic mass is 10.3. The lowest BCUT2D eigenvalue weighted by molar-refractivity contribution is 0.390. The summed E-state index contributed by atoms with van der Waals surface area (Å²) in [6.07, 6.45) is 0. The van der Waals surface area contributed by atoms with E-state index < -0.39 is 21.1 Å². The molecule has 0 aliphatic heterocycles. The molecule has 0 amide bonds. The van der Waals surface area contributed by atoms with Gasteiger partial charge in [-0.15, -0.1) is 0 Å². The number of aryl methyl sites for hydroxylation is 1. The van der Waals surface area contributed by atoms with Gasteiger partial charge in [-0.2, -0.15) is 0 Å². The second-order valence-corrected chi connectivity index (χ2v) is 7.39. The zero-order valence-electron chi connectivity index (χ0n) is 12.1. The summed E-state index contributed by atoms with van der Waals surface area (Å²) >= 11 is 0. The van der Waals surface area contributed by atoms with E-state index in [1.54, 1.807) is 32.9 Å². The van der Waals surface area contributed by atoms with Crippen LogP contribution in [-0.2, 0) is 16.6 Å². The van der Waals surface area contributed by atoms with Gasteiger partial charge in [0.25, 0.3) is 0 Å². The minimum Gasteiger partial charge on any atom is -0.361 e. The van der Waals surface area contributed by atoms with Crippen LogP contribution in [0.3, 0.4) is 0 Å². The van der Waals surface area contributed by atoms with Crippen LogP contribution >= 0.6 is 0 Å². The van der Waals surface area contributed by atoms with E-state index in [0.717, 1.165) is 4.31 Å². The van der Waals surface area contributed by atoms with E-state index in [4.69, 9.17) is 4.52 Å². The number of halogens is 1. The summed E-state index contributed by atoms with van der Waals surface area (Å²) in [5, 5.41) is 3.10. The van der Waals surface area contributed by atoms with Gasteiger partial charge in [0.15, 0.2) is 0 Å². The molecule has 0 aliphatic carbocycles. The van der Waals surface area contributed by atoms with Gasteiger partial charge in [-0.3, -0.25) is 4.31 Å². The Morgan fingerprint density at radius 1 is 1.33 bits per heavy atom. The molecule has 0 atom stereocenters. The van der Waals surface area contributed by atoms with E-state index in [1.165, 1.54) is 18.2 Å². The standard InChI is InChI=1S/C14H17FN2O3S/c1-10(2)21(18,19)17(9-12-8-11(3)20-16-12)14-7-5-4-6-13(14)15/h4-8,10H,9H2,1-3H3. The Hall–Kier alpha value is -1.89. The Morgan fingerprint density at radius 2 is 2.00 bits per heavy atom. The molecule has 0 radical (unpaired) electrons. The van der Waals surface area contributed by atoms with Gasteiger partial charge in [0.2, 0.25) is 10.0 Å². The van der Waals surface area contributed by atoms with Crippen molar-refractivity contribution < 1.29 is 17.3 Å². The van der Waals surface area contributed by atoms with Crippen molar-refractivity contribution in [2.75, 3.05) is 4.31 Å². The molecule has 7 heteroatoms. The summed E-state index contributed by atoms with van der Waals surface area (Å²) < 4.78 is 45.0. The molecule has 114 valence electrons. The van der Waals surface area contributed by atoms with Crippen molar-refractivity contribution in [3.63, 3.8) is 0 Å². The van der Waals surface area contributed by atoms with Crippen LogP contribution in [0.25, 0.3) is 0 Å². The van der Waals surface area contributed by atoms with Crippen LogP contribution in [0.5, 0.6) is 0 Å². The van der Waals surface area contributed by atoms with E-state index in [0.29, 0.717) is 11.5 Å². The maximum absolute atomic E-state index is 14.0. The van der Waals surface area contributed by atoms with Crippen LogP contribution in [0.2, 0.25) is 0 Å². The van der Waals surface area contributed by atoms with Crippen LogP contribution in [0.1, 0.15) is 25.3 Å².